The summed E-state index contributed by atoms with van der Waals surface area (Å²) in [6.45, 7) is 8.40. The van der Waals surface area contributed by atoms with Crippen molar-refractivity contribution in [1.82, 2.24) is 0 Å². The quantitative estimate of drug-likeness (QED) is 0.0530. The highest BCUT2D eigenvalue weighted by atomic mass is 31.2. The summed E-state index contributed by atoms with van der Waals surface area (Å²) in [6.07, 6.45) is 2.21. The molecule has 0 aliphatic heterocycles. The molecule has 0 aromatic heterocycles. The molecule has 3 aromatic rings. The molecule has 0 aliphatic rings. The fourth-order valence-corrected chi connectivity index (χ4v) is 7.95. The van der Waals surface area contributed by atoms with E-state index in [9.17, 15) is 34.0 Å². The molecule has 51 heavy (non-hydrogen) atoms. The van der Waals surface area contributed by atoms with Gasteiger partial charge in [0.2, 0.25) is 12.7 Å². The van der Waals surface area contributed by atoms with Crippen LogP contribution < -0.4 is 10.6 Å². The zero-order valence-electron chi connectivity index (χ0n) is 29.1. The summed E-state index contributed by atoms with van der Waals surface area (Å²) in [5.74, 6) is -2.01. The van der Waals surface area contributed by atoms with Gasteiger partial charge in [-0.15, -0.1) is 0 Å². The van der Waals surface area contributed by atoms with Gasteiger partial charge in [0, 0.05) is 47.1 Å². The Morgan fingerprint density at radius 3 is 1.67 bits per heavy atom. The average molecular weight is 721 g/mol. The van der Waals surface area contributed by atoms with Crippen LogP contribution in [0.4, 0.5) is 0 Å². The molecule has 11 nitrogen and oxygen atoms in total. The van der Waals surface area contributed by atoms with Crippen molar-refractivity contribution in [3.8, 4) is 0 Å². The van der Waals surface area contributed by atoms with Crippen molar-refractivity contribution in [1.29, 1.82) is 0 Å². The van der Waals surface area contributed by atoms with E-state index in [1.54, 1.807) is 87.5 Å². The third kappa shape index (κ3) is 11.8. The summed E-state index contributed by atoms with van der Waals surface area (Å²) < 4.78 is 35.3. The summed E-state index contributed by atoms with van der Waals surface area (Å²) in [7, 11) is -3.84. The largest absolute Gasteiger partial charge is 0.460 e. The zero-order valence-corrected chi connectivity index (χ0v) is 30.0. The number of ether oxygens (including phenoxy) is 4. The van der Waals surface area contributed by atoms with Crippen molar-refractivity contribution in [3.63, 3.8) is 0 Å². The third-order valence-electron chi connectivity index (χ3n) is 7.78. The number of aliphatic hydroxyl groups is 2. The van der Waals surface area contributed by atoms with Crippen molar-refractivity contribution in [2.45, 2.75) is 45.8 Å². The van der Waals surface area contributed by atoms with E-state index in [1.807, 2.05) is 0 Å². The lowest BCUT2D eigenvalue weighted by Gasteiger charge is -2.22. The second-order valence-electron chi connectivity index (χ2n) is 11.8. The number of hydrogen-bond donors (Lipinski definition) is 2. The van der Waals surface area contributed by atoms with Crippen LogP contribution in [0, 0.1) is 20.8 Å². The molecule has 2 unspecified atom stereocenters. The van der Waals surface area contributed by atoms with Gasteiger partial charge in [-0.1, -0.05) is 73.3 Å². The molecule has 0 amide bonds. The Labute approximate surface area is 298 Å². The van der Waals surface area contributed by atoms with Crippen molar-refractivity contribution in [2.24, 2.45) is 0 Å². The fourth-order valence-electron chi connectivity index (χ4n) is 5.34. The minimum atomic E-state index is -3.84. The lowest BCUT2D eigenvalue weighted by molar-refractivity contribution is -0.142. The number of unbranched alkanes of at least 4 members (excludes halogenated alkanes) is 1. The summed E-state index contributed by atoms with van der Waals surface area (Å²) in [5.41, 5.74) is 1.33. The van der Waals surface area contributed by atoms with Crippen LogP contribution in [0.2, 0.25) is 0 Å². The van der Waals surface area contributed by atoms with Gasteiger partial charge in [0.25, 0.3) is 0 Å². The van der Waals surface area contributed by atoms with Crippen LogP contribution in [0.15, 0.2) is 91.5 Å². The first-order valence-corrected chi connectivity index (χ1v) is 18.2. The molecule has 0 spiro atoms. The van der Waals surface area contributed by atoms with Gasteiger partial charge in [-0.25, -0.2) is 9.59 Å². The van der Waals surface area contributed by atoms with Gasteiger partial charge in [0.15, 0.2) is 5.78 Å². The Hall–Kier alpha value is -4.51. The Morgan fingerprint density at radius 2 is 1.18 bits per heavy atom. The van der Waals surface area contributed by atoms with Gasteiger partial charge in [-0.05, 0) is 56.4 Å². The number of benzene rings is 3. The van der Waals surface area contributed by atoms with Gasteiger partial charge in [0.1, 0.15) is 25.4 Å². The zero-order chi connectivity index (χ0) is 37.4. The molecular weight excluding hydrogens is 675 g/mol. The monoisotopic (exact) mass is 720 g/mol. The van der Waals surface area contributed by atoms with Crippen molar-refractivity contribution in [2.75, 3.05) is 39.6 Å². The molecule has 272 valence electrons. The van der Waals surface area contributed by atoms with Crippen LogP contribution in [-0.4, -0.2) is 85.3 Å². The normalized spacial score (nSPS) is 12.6. The molecule has 0 saturated carbocycles. The topological polar surface area (TPSA) is 163 Å². The predicted molar refractivity (Wildman–Crippen MR) is 193 cm³/mol. The number of ketones is 1. The van der Waals surface area contributed by atoms with Gasteiger partial charge in [-0.2, -0.15) is 0 Å². The van der Waals surface area contributed by atoms with E-state index in [1.165, 1.54) is 0 Å². The number of aryl methyl sites for hydroxylation is 2. The van der Waals surface area contributed by atoms with Crippen LogP contribution in [-0.2, 0) is 33.1 Å². The van der Waals surface area contributed by atoms with Gasteiger partial charge < -0.3 is 33.7 Å². The highest BCUT2D eigenvalue weighted by Gasteiger charge is 2.38. The van der Waals surface area contributed by atoms with Crippen molar-refractivity contribution in [3.05, 3.63) is 119 Å². The Balaban J connectivity index is 1.53. The lowest BCUT2D eigenvalue weighted by Crippen LogP contribution is -2.24. The third-order valence-corrected chi connectivity index (χ3v) is 10.6. The van der Waals surface area contributed by atoms with Crippen LogP contribution in [0.25, 0.3) is 0 Å². The van der Waals surface area contributed by atoms with Crippen LogP contribution in [0.3, 0.4) is 0 Å². The van der Waals surface area contributed by atoms with Gasteiger partial charge >= 0.3 is 11.9 Å². The van der Waals surface area contributed by atoms with Gasteiger partial charge in [-0.3, -0.25) is 9.59 Å². The van der Waals surface area contributed by atoms with E-state index >= 15 is 0 Å². The highest BCUT2D eigenvalue weighted by molar-refractivity contribution is 7.93. The summed E-state index contributed by atoms with van der Waals surface area (Å²) >= 11 is 0. The molecule has 2 N–H and O–H groups in total. The number of carbonyl (C=O) groups is 4. The Kier molecular flexibility index (Phi) is 16.3. The molecule has 0 bridgehead atoms. The van der Waals surface area contributed by atoms with Crippen LogP contribution >= 0.6 is 7.14 Å². The molecule has 0 aliphatic carbocycles. The maximum absolute atomic E-state index is 14.8. The SMILES string of the molecule is C=CC(=O)OCC(O)COCCCCOCC(O)COC(=O)/C=C\C(=O)c1c(C)cc(C)c(C(=O)P(=O)(c2ccccc2)c2ccccc2)c1C. The average Bonchev–Trinajstić information content (AvgIpc) is 3.13. The minimum Gasteiger partial charge on any atom is -0.460 e. The second-order valence-corrected chi connectivity index (χ2v) is 14.5. The lowest BCUT2D eigenvalue weighted by atomic mass is 9.91. The molecule has 3 aromatic carbocycles. The second kappa shape index (κ2) is 20.4. The minimum absolute atomic E-state index is 0.00698. The van der Waals surface area contributed by atoms with E-state index in [-0.39, 0.29) is 37.6 Å². The molecule has 0 radical (unpaired) electrons. The molecule has 0 heterocycles. The van der Waals surface area contributed by atoms with Crippen LogP contribution in [0.1, 0.15) is 50.2 Å². The molecule has 2 atom stereocenters. The van der Waals surface area contributed by atoms with Crippen molar-refractivity contribution >= 4 is 41.0 Å². The van der Waals surface area contributed by atoms with E-state index in [0.29, 0.717) is 53.4 Å². The van der Waals surface area contributed by atoms with E-state index in [2.05, 4.69) is 6.58 Å². The van der Waals surface area contributed by atoms with Crippen molar-refractivity contribution < 1.29 is 52.9 Å². The maximum Gasteiger partial charge on any atom is 0.330 e. The Bertz CT molecular complexity index is 1690. The molecule has 0 saturated heterocycles. The summed E-state index contributed by atoms with van der Waals surface area (Å²) in [5, 5.41) is 20.6. The molecule has 12 heteroatoms. The highest BCUT2D eigenvalue weighted by Crippen LogP contribution is 2.48. The van der Waals surface area contributed by atoms with Crippen LogP contribution in [0.5, 0.6) is 0 Å². The van der Waals surface area contributed by atoms with E-state index in [4.69, 9.17) is 18.9 Å². The first-order valence-electron chi connectivity index (χ1n) is 16.5. The van der Waals surface area contributed by atoms with E-state index < -0.39 is 42.6 Å². The van der Waals surface area contributed by atoms with Gasteiger partial charge in [0.05, 0.1) is 13.2 Å². The standard InChI is InChI=1S/C39H45O11P/c1-5-35(43)49-25-30(40)23-47-20-12-13-21-48-24-31(41)26-50-36(44)19-18-34(42)37-27(2)22-28(3)38(29(37)4)39(45)51(46,32-14-8-6-9-15-32)33-16-10-7-11-17-33/h5-11,14-19,22,30-31,40-41H,1,12-13,20-21,23-26H2,2-4H3/b19-18-. The Morgan fingerprint density at radius 1 is 0.706 bits per heavy atom. The predicted octanol–water partition coefficient (Wildman–Crippen LogP) is 4.31. The number of esters is 2. The fraction of sp³-hybridized carbons (Fsp3) is 0.333. The number of carbonyl (C=O) groups excluding carboxylic acids is 4. The van der Waals surface area contributed by atoms with E-state index in [0.717, 1.165) is 18.2 Å². The first kappa shape index (κ1) is 40.9. The smallest absolute Gasteiger partial charge is 0.330 e. The summed E-state index contributed by atoms with van der Waals surface area (Å²) in [6, 6.07) is 18.8. The molecular formula is C39H45O11P. The number of aliphatic hydroxyl groups excluding tert-OH is 2. The summed E-state index contributed by atoms with van der Waals surface area (Å²) in [4.78, 5) is 51.0. The maximum atomic E-state index is 14.8. The first-order chi connectivity index (χ1) is 24.4. The number of hydrogen-bond acceptors (Lipinski definition) is 11. The number of allylic oxidation sites excluding steroid dienone is 1. The molecule has 0 fully saturated rings. The number of rotatable bonds is 21. The molecule has 3 rings (SSSR count).